The Bertz CT molecular complexity index is 1270. The van der Waals surface area contributed by atoms with Crippen LogP contribution in [0, 0.1) is 0 Å². The SMILES string of the molecule is CNCCNC(=O)Cc1nnc(Cc2nc3ccc(-c4cccc(C(F)(F)F)c4)cc3s2)o1. The van der Waals surface area contributed by atoms with Crippen LogP contribution in [0.15, 0.2) is 46.9 Å². The zero-order valence-electron chi connectivity index (χ0n) is 17.6. The third-order valence-electron chi connectivity index (χ3n) is 4.78. The fourth-order valence-electron chi connectivity index (χ4n) is 3.19. The predicted octanol–water partition coefficient (Wildman–Crippen LogP) is 3.83. The lowest BCUT2D eigenvalue weighted by Gasteiger charge is -2.08. The lowest BCUT2D eigenvalue weighted by atomic mass is 10.0. The molecule has 0 aliphatic rings. The number of fused-ring (bicyclic) bond motifs is 1. The van der Waals surface area contributed by atoms with E-state index in [0.717, 1.165) is 27.4 Å². The molecule has 172 valence electrons. The molecule has 2 N–H and O–H groups in total. The van der Waals surface area contributed by atoms with Crippen LogP contribution in [0.5, 0.6) is 0 Å². The summed E-state index contributed by atoms with van der Waals surface area (Å²) in [6, 6.07) is 10.6. The Labute approximate surface area is 191 Å². The first-order valence-electron chi connectivity index (χ1n) is 10.1. The number of likely N-dealkylation sites (N-methyl/N-ethyl adjacent to an activating group) is 1. The third-order valence-corrected chi connectivity index (χ3v) is 5.79. The summed E-state index contributed by atoms with van der Waals surface area (Å²) >= 11 is 1.40. The number of amides is 1. The molecule has 0 saturated carbocycles. The molecule has 0 atom stereocenters. The van der Waals surface area contributed by atoms with Crippen molar-refractivity contribution in [2.45, 2.75) is 19.0 Å². The van der Waals surface area contributed by atoms with E-state index in [1.54, 1.807) is 25.2 Å². The number of alkyl halides is 3. The number of halogens is 3. The van der Waals surface area contributed by atoms with Crippen molar-refractivity contribution in [3.8, 4) is 11.1 Å². The summed E-state index contributed by atoms with van der Waals surface area (Å²) in [5.74, 6) is 0.354. The van der Waals surface area contributed by atoms with E-state index in [1.807, 2.05) is 6.07 Å². The molecule has 0 radical (unpaired) electrons. The maximum absolute atomic E-state index is 13.0. The van der Waals surface area contributed by atoms with E-state index in [1.165, 1.54) is 17.4 Å². The number of thiazole rings is 1. The lowest BCUT2D eigenvalue weighted by Crippen LogP contribution is -2.31. The normalized spacial score (nSPS) is 11.8. The summed E-state index contributed by atoms with van der Waals surface area (Å²) in [5, 5.41) is 14.3. The highest BCUT2D eigenvalue weighted by atomic mass is 32.1. The molecule has 0 saturated heterocycles. The molecule has 2 heterocycles. The van der Waals surface area contributed by atoms with E-state index < -0.39 is 11.7 Å². The summed E-state index contributed by atoms with van der Waals surface area (Å²) in [7, 11) is 1.80. The van der Waals surface area contributed by atoms with Crippen LogP contribution in [0.2, 0.25) is 0 Å². The second-order valence-corrected chi connectivity index (χ2v) is 8.38. The summed E-state index contributed by atoms with van der Waals surface area (Å²) in [5.41, 5.74) is 1.20. The first kappa shape index (κ1) is 22.9. The number of hydrogen-bond donors (Lipinski definition) is 2. The summed E-state index contributed by atoms with van der Waals surface area (Å²) in [4.78, 5) is 16.4. The van der Waals surface area contributed by atoms with E-state index in [9.17, 15) is 18.0 Å². The number of aromatic nitrogens is 3. The minimum atomic E-state index is -4.39. The molecule has 4 rings (SSSR count). The number of nitrogens with zero attached hydrogens (tertiary/aromatic N) is 3. The van der Waals surface area contributed by atoms with Gasteiger partial charge < -0.3 is 15.1 Å². The summed E-state index contributed by atoms with van der Waals surface area (Å²) < 4.78 is 45.5. The Hall–Kier alpha value is -3.31. The molecule has 7 nitrogen and oxygen atoms in total. The number of hydrogen-bond acceptors (Lipinski definition) is 7. The van der Waals surface area contributed by atoms with Crippen molar-refractivity contribution in [2.75, 3.05) is 20.1 Å². The van der Waals surface area contributed by atoms with Gasteiger partial charge in [-0.05, 0) is 42.4 Å². The Morgan fingerprint density at radius 2 is 1.85 bits per heavy atom. The van der Waals surface area contributed by atoms with Crippen LogP contribution in [-0.4, -0.2) is 41.2 Å². The van der Waals surface area contributed by atoms with Crippen LogP contribution in [0.25, 0.3) is 21.3 Å². The van der Waals surface area contributed by atoms with E-state index in [2.05, 4.69) is 25.8 Å². The maximum atomic E-state index is 13.0. The molecule has 4 aromatic rings. The van der Waals surface area contributed by atoms with Gasteiger partial charge in [-0.3, -0.25) is 4.79 Å². The van der Waals surface area contributed by atoms with Crippen molar-refractivity contribution >= 4 is 27.5 Å². The number of carbonyl (C=O) groups is 1. The van der Waals surface area contributed by atoms with Gasteiger partial charge in [0.15, 0.2) is 0 Å². The highest BCUT2D eigenvalue weighted by molar-refractivity contribution is 7.18. The molecular weight excluding hydrogens is 455 g/mol. The van der Waals surface area contributed by atoms with Crippen LogP contribution in [0.3, 0.4) is 0 Å². The van der Waals surface area contributed by atoms with Gasteiger partial charge in [0, 0.05) is 13.1 Å². The largest absolute Gasteiger partial charge is 0.424 e. The second-order valence-electron chi connectivity index (χ2n) is 7.27. The molecule has 2 aromatic carbocycles. The minimum absolute atomic E-state index is 0.00307. The van der Waals surface area contributed by atoms with Crippen LogP contribution in [0.1, 0.15) is 22.4 Å². The Morgan fingerprint density at radius 3 is 2.64 bits per heavy atom. The van der Waals surface area contributed by atoms with Crippen molar-refractivity contribution in [2.24, 2.45) is 0 Å². The number of benzene rings is 2. The van der Waals surface area contributed by atoms with Gasteiger partial charge in [0.25, 0.3) is 0 Å². The van der Waals surface area contributed by atoms with Crippen LogP contribution < -0.4 is 10.6 Å². The molecule has 11 heteroatoms. The Balaban J connectivity index is 1.46. The van der Waals surface area contributed by atoms with Crippen LogP contribution in [0.4, 0.5) is 13.2 Å². The molecule has 2 aromatic heterocycles. The minimum Gasteiger partial charge on any atom is -0.424 e. The molecule has 1 amide bonds. The molecular formula is C22H20F3N5O2S. The van der Waals surface area contributed by atoms with Gasteiger partial charge >= 0.3 is 6.18 Å². The molecule has 0 fully saturated rings. The average Bonchev–Trinajstić information content (AvgIpc) is 3.39. The van der Waals surface area contributed by atoms with E-state index >= 15 is 0 Å². The summed E-state index contributed by atoms with van der Waals surface area (Å²) in [6.45, 7) is 1.17. The monoisotopic (exact) mass is 475 g/mol. The van der Waals surface area contributed by atoms with Crippen molar-refractivity contribution in [1.82, 2.24) is 25.8 Å². The standard InChI is InChI=1S/C22H20F3N5O2S/c1-26-7-8-27-18(31)11-19-29-30-20(32-19)12-21-28-16-6-5-14(10-17(16)33-21)13-3-2-4-15(9-13)22(23,24)25/h2-6,9-10,26H,7-8,11-12H2,1H3,(H,27,31). The quantitative estimate of drug-likeness (QED) is 0.376. The number of carbonyl (C=O) groups excluding carboxylic acids is 1. The van der Waals surface area contributed by atoms with E-state index in [4.69, 9.17) is 4.42 Å². The van der Waals surface area contributed by atoms with Crippen molar-refractivity contribution < 1.29 is 22.4 Å². The van der Waals surface area contributed by atoms with Gasteiger partial charge in [-0.25, -0.2) is 4.98 Å². The zero-order valence-corrected chi connectivity index (χ0v) is 18.4. The van der Waals surface area contributed by atoms with Gasteiger partial charge in [0.2, 0.25) is 17.7 Å². The van der Waals surface area contributed by atoms with E-state index in [0.29, 0.717) is 36.5 Å². The average molecular weight is 475 g/mol. The van der Waals surface area contributed by atoms with Gasteiger partial charge in [-0.15, -0.1) is 21.5 Å². The predicted molar refractivity (Wildman–Crippen MR) is 118 cm³/mol. The Kier molecular flexibility index (Phi) is 6.70. The van der Waals surface area contributed by atoms with Gasteiger partial charge in [0.1, 0.15) is 11.4 Å². The first-order chi connectivity index (χ1) is 15.8. The molecule has 0 unspecified atom stereocenters. The Morgan fingerprint density at radius 1 is 1.06 bits per heavy atom. The lowest BCUT2D eigenvalue weighted by molar-refractivity contribution is -0.137. The summed E-state index contributed by atoms with van der Waals surface area (Å²) in [6.07, 6.45) is -4.10. The number of rotatable bonds is 8. The molecule has 33 heavy (non-hydrogen) atoms. The van der Waals surface area contributed by atoms with Crippen molar-refractivity contribution in [3.05, 3.63) is 64.8 Å². The smallest absolute Gasteiger partial charge is 0.416 e. The molecule has 0 aliphatic heterocycles. The zero-order chi connectivity index (χ0) is 23.4. The van der Waals surface area contributed by atoms with Gasteiger partial charge in [-0.1, -0.05) is 18.2 Å². The molecule has 0 bridgehead atoms. The topological polar surface area (TPSA) is 92.9 Å². The fraction of sp³-hybridized carbons (Fsp3) is 0.273. The van der Waals surface area contributed by atoms with Crippen molar-refractivity contribution in [3.63, 3.8) is 0 Å². The number of nitrogens with one attached hydrogen (secondary N) is 2. The van der Waals surface area contributed by atoms with Crippen LogP contribution >= 0.6 is 11.3 Å². The highest BCUT2D eigenvalue weighted by Crippen LogP contribution is 2.34. The first-order valence-corrected chi connectivity index (χ1v) is 10.9. The fourth-order valence-corrected chi connectivity index (χ4v) is 4.19. The van der Waals surface area contributed by atoms with Gasteiger partial charge in [0.05, 0.1) is 22.2 Å². The second kappa shape index (κ2) is 9.67. The molecule has 0 spiro atoms. The van der Waals surface area contributed by atoms with Crippen molar-refractivity contribution in [1.29, 1.82) is 0 Å². The highest BCUT2D eigenvalue weighted by Gasteiger charge is 2.30. The third kappa shape index (κ3) is 5.74. The van der Waals surface area contributed by atoms with Crippen LogP contribution in [-0.2, 0) is 23.8 Å². The van der Waals surface area contributed by atoms with E-state index in [-0.39, 0.29) is 18.2 Å². The maximum Gasteiger partial charge on any atom is 0.416 e. The molecule has 0 aliphatic carbocycles. The van der Waals surface area contributed by atoms with Gasteiger partial charge in [-0.2, -0.15) is 13.2 Å².